The van der Waals surface area contributed by atoms with Crippen molar-refractivity contribution in [1.82, 2.24) is 4.90 Å². The zero-order valence-corrected chi connectivity index (χ0v) is 13.8. The molecule has 0 spiro atoms. The first kappa shape index (κ1) is 16.2. The summed E-state index contributed by atoms with van der Waals surface area (Å²) in [5.41, 5.74) is 1.34. The second kappa shape index (κ2) is 8.32. The number of unbranched alkanes of at least 4 members (excludes halogenated alkanes) is 1. The molecule has 2 rings (SSSR count). The number of rotatable bonds is 5. The van der Waals surface area contributed by atoms with Crippen LogP contribution in [0.4, 0.5) is 4.79 Å². The summed E-state index contributed by atoms with van der Waals surface area (Å²) < 4.78 is 5.27. The van der Waals surface area contributed by atoms with Gasteiger partial charge < -0.3 is 9.64 Å². The lowest BCUT2D eigenvalue weighted by Gasteiger charge is -2.31. The Labute approximate surface area is 132 Å². The van der Waals surface area contributed by atoms with Crippen molar-refractivity contribution >= 4 is 17.9 Å². The summed E-state index contributed by atoms with van der Waals surface area (Å²) in [6, 6.07) is 8.51. The molecule has 0 atom stereocenters. The average molecular weight is 307 g/mol. The van der Waals surface area contributed by atoms with E-state index in [0.717, 1.165) is 38.8 Å². The summed E-state index contributed by atoms with van der Waals surface area (Å²) in [5.74, 6) is 0. The number of thioether (sulfide) groups is 1. The lowest BCUT2D eigenvalue weighted by molar-refractivity contribution is 0.0948. The van der Waals surface area contributed by atoms with Crippen LogP contribution in [0.1, 0.15) is 38.2 Å². The zero-order chi connectivity index (χ0) is 15.1. The van der Waals surface area contributed by atoms with Crippen LogP contribution in [0.2, 0.25) is 0 Å². The van der Waals surface area contributed by atoms with Gasteiger partial charge in [0.25, 0.3) is 0 Å². The first-order chi connectivity index (χ1) is 10.2. The Morgan fingerprint density at radius 3 is 2.71 bits per heavy atom. The van der Waals surface area contributed by atoms with Crippen molar-refractivity contribution in [3.05, 3.63) is 29.8 Å². The number of amides is 1. The van der Waals surface area contributed by atoms with Crippen LogP contribution in [-0.4, -0.2) is 35.9 Å². The van der Waals surface area contributed by atoms with Crippen LogP contribution in [0.5, 0.6) is 0 Å². The van der Waals surface area contributed by atoms with Gasteiger partial charge in [-0.25, -0.2) is 4.79 Å². The fourth-order valence-corrected chi connectivity index (χ4v) is 3.64. The second-order valence-electron chi connectivity index (χ2n) is 5.54. The molecule has 1 aromatic rings. The summed E-state index contributed by atoms with van der Waals surface area (Å²) in [7, 11) is 0. The molecule has 0 radical (unpaired) electrons. The van der Waals surface area contributed by atoms with Gasteiger partial charge >= 0.3 is 6.09 Å². The standard InChI is InChI=1S/C17H25NO2S/c1-3-4-13-20-17(19)18-11-9-15(10-12-18)21-16-8-6-5-7-14(16)2/h5-8,15H,3-4,9-13H2,1-2H3. The number of hydrogen-bond acceptors (Lipinski definition) is 3. The Morgan fingerprint density at radius 2 is 2.05 bits per heavy atom. The van der Waals surface area contributed by atoms with Gasteiger partial charge in [0.15, 0.2) is 0 Å². The molecule has 1 aliphatic rings. The predicted molar refractivity (Wildman–Crippen MR) is 87.9 cm³/mol. The number of ether oxygens (including phenoxy) is 1. The van der Waals surface area contributed by atoms with E-state index in [-0.39, 0.29) is 6.09 Å². The van der Waals surface area contributed by atoms with Gasteiger partial charge in [-0.1, -0.05) is 31.5 Å². The molecule has 0 aromatic heterocycles. The summed E-state index contributed by atoms with van der Waals surface area (Å²) in [4.78, 5) is 15.1. The largest absolute Gasteiger partial charge is 0.449 e. The van der Waals surface area contributed by atoms with Crippen LogP contribution in [0, 0.1) is 6.92 Å². The molecule has 0 N–H and O–H groups in total. The quantitative estimate of drug-likeness (QED) is 0.751. The lowest BCUT2D eigenvalue weighted by Crippen LogP contribution is -2.39. The molecular formula is C17H25NO2S. The highest BCUT2D eigenvalue weighted by atomic mass is 32.2. The Bertz CT molecular complexity index is 456. The van der Waals surface area contributed by atoms with E-state index in [9.17, 15) is 4.79 Å². The molecule has 0 aliphatic carbocycles. The number of nitrogens with zero attached hydrogens (tertiary/aromatic N) is 1. The van der Waals surface area contributed by atoms with Crippen LogP contribution < -0.4 is 0 Å². The first-order valence-corrected chi connectivity index (χ1v) is 8.72. The number of piperidine rings is 1. The third-order valence-corrected chi connectivity index (χ3v) is 5.33. The molecule has 116 valence electrons. The van der Waals surface area contributed by atoms with Gasteiger partial charge in [-0.2, -0.15) is 0 Å². The third kappa shape index (κ3) is 4.95. The maximum atomic E-state index is 11.9. The molecule has 1 aliphatic heterocycles. The van der Waals surface area contributed by atoms with Gasteiger partial charge in [0.2, 0.25) is 0 Å². The highest BCUT2D eigenvalue weighted by molar-refractivity contribution is 8.00. The minimum atomic E-state index is -0.136. The van der Waals surface area contributed by atoms with Crippen LogP contribution in [0.3, 0.4) is 0 Å². The Balaban J connectivity index is 1.75. The predicted octanol–water partition coefficient (Wildman–Crippen LogP) is 4.49. The number of likely N-dealkylation sites (tertiary alicyclic amines) is 1. The van der Waals surface area contributed by atoms with Gasteiger partial charge in [0, 0.05) is 23.2 Å². The van der Waals surface area contributed by atoms with Crippen LogP contribution in [0.25, 0.3) is 0 Å². The molecule has 1 fully saturated rings. The summed E-state index contributed by atoms with van der Waals surface area (Å²) in [6.45, 7) is 6.43. The fourth-order valence-electron chi connectivity index (χ4n) is 2.42. The lowest BCUT2D eigenvalue weighted by atomic mass is 10.1. The monoisotopic (exact) mass is 307 g/mol. The SMILES string of the molecule is CCCCOC(=O)N1CCC(Sc2ccccc2C)CC1. The van der Waals surface area contributed by atoms with Crippen molar-refractivity contribution in [1.29, 1.82) is 0 Å². The molecule has 21 heavy (non-hydrogen) atoms. The number of carbonyl (C=O) groups is 1. The Morgan fingerprint density at radius 1 is 1.33 bits per heavy atom. The van der Waals surface area contributed by atoms with E-state index in [0.29, 0.717) is 11.9 Å². The highest BCUT2D eigenvalue weighted by Gasteiger charge is 2.24. The average Bonchev–Trinajstić information content (AvgIpc) is 2.50. The Hall–Kier alpha value is -1.16. The Kier molecular flexibility index (Phi) is 6.43. The van der Waals surface area contributed by atoms with Gasteiger partial charge in [-0.05, 0) is 37.8 Å². The number of benzene rings is 1. The van der Waals surface area contributed by atoms with Gasteiger partial charge in [-0.15, -0.1) is 11.8 Å². The zero-order valence-electron chi connectivity index (χ0n) is 13.0. The van der Waals surface area contributed by atoms with Crippen molar-refractivity contribution in [3.8, 4) is 0 Å². The van der Waals surface area contributed by atoms with E-state index in [4.69, 9.17) is 4.74 Å². The molecular weight excluding hydrogens is 282 g/mol. The minimum Gasteiger partial charge on any atom is -0.449 e. The van der Waals surface area contributed by atoms with E-state index < -0.39 is 0 Å². The van der Waals surface area contributed by atoms with Gasteiger partial charge in [0.05, 0.1) is 6.61 Å². The van der Waals surface area contributed by atoms with Crippen molar-refractivity contribution in [3.63, 3.8) is 0 Å². The third-order valence-electron chi connectivity index (χ3n) is 3.81. The molecule has 4 heteroatoms. The molecule has 1 saturated heterocycles. The van der Waals surface area contributed by atoms with Crippen molar-refractivity contribution in [2.24, 2.45) is 0 Å². The number of aryl methyl sites for hydroxylation is 1. The van der Waals surface area contributed by atoms with Crippen LogP contribution in [-0.2, 0) is 4.74 Å². The minimum absolute atomic E-state index is 0.136. The van der Waals surface area contributed by atoms with Crippen molar-refractivity contribution in [2.45, 2.75) is 49.7 Å². The van der Waals surface area contributed by atoms with E-state index >= 15 is 0 Å². The molecule has 1 aromatic carbocycles. The maximum absolute atomic E-state index is 11.9. The van der Waals surface area contributed by atoms with E-state index in [1.165, 1.54) is 10.5 Å². The second-order valence-corrected chi connectivity index (χ2v) is 6.88. The molecule has 1 heterocycles. The van der Waals surface area contributed by atoms with Crippen LogP contribution in [0.15, 0.2) is 29.2 Å². The molecule has 1 amide bonds. The topological polar surface area (TPSA) is 29.5 Å². The van der Waals surface area contributed by atoms with Gasteiger partial charge in [0.1, 0.15) is 0 Å². The summed E-state index contributed by atoms with van der Waals surface area (Å²) in [6.07, 6.45) is 3.96. The van der Waals surface area contributed by atoms with Gasteiger partial charge in [-0.3, -0.25) is 0 Å². The fraction of sp³-hybridized carbons (Fsp3) is 0.588. The normalized spacial score (nSPS) is 16.0. The number of carbonyl (C=O) groups excluding carboxylic acids is 1. The maximum Gasteiger partial charge on any atom is 0.409 e. The van der Waals surface area contributed by atoms with Crippen LogP contribution >= 0.6 is 11.8 Å². The molecule has 0 unspecified atom stereocenters. The molecule has 3 nitrogen and oxygen atoms in total. The van der Waals surface area contributed by atoms with E-state index in [2.05, 4.69) is 38.1 Å². The van der Waals surface area contributed by atoms with Crippen molar-refractivity contribution in [2.75, 3.05) is 19.7 Å². The van der Waals surface area contributed by atoms with Crippen molar-refractivity contribution < 1.29 is 9.53 Å². The molecule has 0 saturated carbocycles. The van der Waals surface area contributed by atoms with E-state index in [1.807, 2.05) is 16.7 Å². The van der Waals surface area contributed by atoms with E-state index in [1.54, 1.807) is 0 Å². The molecule has 0 bridgehead atoms. The smallest absolute Gasteiger partial charge is 0.409 e. The highest BCUT2D eigenvalue weighted by Crippen LogP contribution is 2.32. The first-order valence-electron chi connectivity index (χ1n) is 7.84. The number of hydrogen-bond donors (Lipinski definition) is 0. The summed E-state index contributed by atoms with van der Waals surface area (Å²) in [5, 5.41) is 0.603. The summed E-state index contributed by atoms with van der Waals surface area (Å²) >= 11 is 1.95.